The summed E-state index contributed by atoms with van der Waals surface area (Å²) in [5.74, 6) is -0.581. The van der Waals surface area contributed by atoms with Gasteiger partial charge in [0.05, 0.1) is 17.3 Å². The molecule has 7 nitrogen and oxygen atoms in total. The minimum absolute atomic E-state index is 0.0699. The van der Waals surface area contributed by atoms with Crippen molar-refractivity contribution in [3.63, 3.8) is 0 Å². The zero-order valence-electron chi connectivity index (χ0n) is 19.3. The third-order valence-corrected chi connectivity index (χ3v) is 6.14. The maximum absolute atomic E-state index is 14.0. The predicted octanol–water partition coefficient (Wildman–Crippen LogP) is 5.71. The summed E-state index contributed by atoms with van der Waals surface area (Å²) in [6.45, 7) is 2.58. The van der Waals surface area contributed by atoms with E-state index in [1.54, 1.807) is 23.0 Å². The Morgan fingerprint density at radius 2 is 1.81 bits per heavy atom. The minimum atomic E-state index is -4.72. The first-order chi connectivity index (χ1) is 17.1. The zero-order chi connectivity index (χ0) is 25.6. The van der Waals surface area contributed by atoms with Gasteiger partial charge in [0.1, 0.15) is 5.69 Å². The molecule has 0 spiro atoms. The number of hydrogen-bond acceptors (Lipinski definition) is 4. The van der Waals surface area contributed by atoms with E-state index >= 15 is 0 Å². The summed E-state index contributed by atoms with van der Waals surface area (Å²) in [6.07, 6.45) is -3.07. The largest absolute Gasteiger partial charge is 0.433 e. The molecule has 1 amide bonds. The second-order valence-corrected chi connectivity index (χ2v) is 8.73. The van der Waals surface area contributed by atoms with Crippen molar-refractivity contribution in [3.8, 4) is 11.3 Å². The van der Waals surface area contributed by atoms with E-state index in [0.29, 0.717) is 27.3 Å². The number of aromatic nitrogens is 5. The van der Waals surface area contributed by atoms with Crippen molar-refractivity contribution in [2.24, 2.45) is 0 Å². The number of halogens is 4. The normalized spacial score (nSPS) is 11.9. The fourth-order valence-electron chi connectivity index (χ4n) is 3.98. The van der Waals surface area contributed by atoms with Gasteiger partial charge in [0.2, 0.25) is 0 Å². The standard InChI is InChI=1S/C25H20ClF3N6O/c1-3-34-13-18(26)21(31-34)14-33(2)24(36)20-12-23-30-19(11-22(25(27,28)29)35(23)32-20)17-9-8-15-6-4-5-7-16(15)10-17/h4-13H,3,14H2,1-2H3. The Kier molecular flexibility index (Phi) is 5.91. The van der Waals surface area contributed by atoms with Gasteiger partial charge in [0.25, 0.3) is 5.91 Å². The summed E-state index contributed by atoms with van der Waals surface area (Å²) < 4.78 is 44.3. The lowest BCUT2D eigenvalue weighted by atomic mass is 10.0. The quantitative estimate of drug-likeness (QED) is 0.302. The van der Waals surface area contributed by atoms with Crippen molar-refractivity contribution in [1.82, 2.24) is 29.3 Å². The van der Waals surface area contributed by atoms with Crippen LogP contribution >= 0.6 is 11.6 Å². The van der Waals surface area contributed by atoms with Crippen molar-refractivity contribution < 1.29 is 18.0 Å². The van der Waals surface area contributed by atoms with Crippen LogP contribution in [-0.2, 0) is 19.3 Å². The van der Waals surface area contributed by atoms with E-state index in [2.05, 4.69) is 15.2 Å². The molecule has 0 aliphatic carbocycles. The number of benzene rings is 2. The predicted molar refractivity (Wildman–Crippen MR) is 130 cm³/mol. The minimum Gasteiger partial charge on any atom is -0.334 e. The Hall–Kier alpha value is -3.92. The van der Waals surface area contributed by atoms with Gasteiger partial charge in [0.15, 0.2) is 17.0 Å². The van der Waals surface area contributed by atoms with Crippen LogP contribution in [0.25, 0.3) is 27.7 Å². The lowest BCUT2D eigenvalue weighted by molar-refractivity contribution is -0.142. The van der Waals surface area contributed by atoms with Gasteiger partial charge < -0.3 is 4.90 Å². The monoisotopic (exact) mass is 512 g/mol. The fourth-order valence-corrected chi connectivity index (χ4v) is 4.19. The molecule has 0 aliphatic heterocycles. The van der Waals surface area contributed by atoms with Gasteiger partial charge >= 0.3 is 6.18 Å². The molecule has 0 aliphatic rings. The summed E-state index contributed by atoms with van der Waals surface area (Å²) in [7, 11) is 1.51. The van der Waals surface area contributed by atoms with Crippen LogP contribution in [0.15, 0.2) is 60.8 Å². The molecule has 0 fully saturated rings. The average Bonchev–Trinajstić information content (AvgIpc) is 3.44. The maximum atomic E-state index is 14.0. The number of amides is 1. The molecule has 0 bridgehead atoms. The Labute approximate surface area is 208 Å². The van der Waals surface area contributed by atoms with E-state index < -0.39 is 17.8 Å². The van der Waals surface area contributed by atoms with E-state index in [4.69, 9.17) is 11.6 Å². The molecule has 0 unspecified atom stereocenters. The molecule has 36 heavy (non-hydrogen) atoms. The van der Waals surface area contributed by atoms with Crippen LogP contribution in [0.2, 0.25) is 5.02 Å². The van der Waals surface area contributed by atoms with Crippen LogP contribution in [-0.4, -0.2) is 42.2 Å². The van der Waals surface area contributed by atoms with Crippen LogP contribution in [0.5, 0.6) is 0 Å². The highest BCUT2D eigenvalue weighted by atomic mass is 35.5. The van der Waals surface area contributed by atoms with E-state index in [1.807, 2.05) is 37.3 Å². The molecular formula is C25H20ClF3N6O. The first-order valence-corrected chi connectivity index (χ1v) is 11.5. The van der Waals surface area contributed by atoms with Gasteiger partial charge in [-0.05, 0) is 29.8 Å². The lowest BCUT2D eigenvalue weighted by Gasteiger charge is -2.14. The fraction of sp³-hybridized carbons (Fsp3) is 0.200. The number of alkyl halides is 3. The average molecular weight is 513 g/mol. The lowest BCUT2D eigenvalue weighted by Crippen LogP contribution is -2.27. The highest BCUT2D eigenvalue weighted by molar-refractivity contribution is 6.31. The third kappa shape index (κ3) is 4.39. The van der Waals surface area contributed by atoms with Gasteiger partial charge in [-0.2, -0.15) is 23.4 Å². The molecule has 3 aromatic heterocycles. The smallest absolute Gasteiger partial charge is 0.334 e. The van der Waals surface area contributed by atoms with Gasteiger partial charge in [0, 0.05) is 31.4 Å². The van der Waals surface area contributed by atoms with Crippen molar-refractivity contribution >= 4 is 33.9 Å². The number of aryl methyl sites for hydroxylation is 1. The number of fused-ring (bicyclic) bond motifs is 2. The second kappa shape index (κ2) is 8.94. The number of hydrogen-bond donors (Lipinski definition) is 0. The molecule has 3 heterocycles. The van der Waals surface area contributed by atoms with Crippen molar-refractivity contribution in [1.29, 1.82) is 0 Å². The number of carbonyl (C=O) groups excluding carboxylic acids is 1. The van der Waals surface area contributed by atoms with Crippen LogP contribution < -0.4 is 0 Å². The van der Waals surface area contributed by atoms with Crippen molar-refractivity contribution in [2.75, 3.05) is 7.05 Å². The summed E-state index contributed by atoms with van der Waals surface area (Å²) in [5.41, 5.74) is -0.151. The third-order valence-electron chi connectivity index (χ3n) is 5.83. The summed E-state index contributed by atoms with van der Waals surface area (Å²) in [5, 5.41) is 10.5. The van der Waals surface area contributed by atoms with Gasteiger partial charge in [-0.25, -0.2) is 9.50 Å². The van der Waals surface area contributed by atoms with E-state index in [9.17, 15) is 18.0 Å². The topological polar surface area (TPSA) is 68.3 Å². The molecule has 11 heteroatoms. The number of nitrogens with zero attached hydrogens (tertiary/aromatic N) is 6. The van der Waals surface area contributed by atoms with Crippen LogP contribution in [0.3, 0.4) is 0 Å². The molecule has 2 aromatic carbocycles. The van der Waals surface area contributed by atoms with E-state index in [-0.39, 0.29) is 23.6 Å². The number of carbonyl (C=O) groups is 1. The Balaban J connectivity index is 1.54. The molecular weight excluding hydrogens is 493 g/mol. The molecule has 5 rings (SSSR count). The van der Waals surface area contributed by atoms with Gasteiger partial charge in [-0.15, -0.1) is 0 Å². The molecule has 5 aromatic rings. The molecule has 0 radical (unpaired) electrons. The van der Waals surface area contributed by atoms with Crippen LogP contribution in [0.1, 0.15) is 28.8 Å². The maximum Gasteiger partial charge on any atom is 0.433 e. The molecule has 0 saturated carbocycles. The summed E-state index contributed by atoms with van der Waals surface area (Å²) in [4.78, 5) is 18.7. The van der Waals surface area contributed by atoms with E-state index in [1.165, 1.54) is 18.0 Å². The van der Waals surface area contributed by atoms with Gasteiger partial charge in [-0.3, -0.25) is 9.48 Å². The molecule has 184 valence electrons. The highest BCUT2D eigenvalue weighted by Gasteiger charge is 2.36. The molecule has 0 atom stereocenters. The summed E-state index contributed by atoms with van der Waals surface area (Å²) >= 11 is 6.19. The van der Waals surface area contributed by atoms with Crippen LogP contribution in [0.4, 0.5) is 13.2 Å². The van der Waals surface area contributed by atoms with Gasteiger partial charge in [-0.1, -0.05) is 48.0 Å². The first kappa shape index (κ1) is 23.8. The summed E-state index contributed by atoms with van der Waals surface area (Å²) in [6, 6.07) is 15.1. The van der Waals surface area contributed by atoms with Crippen molar-refractivity contribution in [3.05, 3.63) is 82.9 Å². The number of rotatable bonds is 5. The zero-order valence-corrected chi connectivity index (χ0v) is 20.0. The Morgan fingerprint density at radius 1 is 1.06 bits per heavy atom. The van der Waals surface area contributed by atoms with Crippen molar-refractivity contribution in [2.45, 2.75) is 26.2 Å². The van der Waals surface area contributed by atoms with E-state index in [0.717, 1.165) is 16.8 Å². The SMILES string of the molecule is CCn1cc(Cl)c(CN(C)C(=O)c2cc3nc(-c4ccc5ccccc5c4)cc(C(F)(F)F)n3n2)n1. The Morgan fingerprint density at radius 3 is 2.50 bits per heavy atom. The second-order valence-electron chi connectivity index (χ2n) is 8.33. The van der Waals surface area contributed by atoms with Crippen LogP contribution in [0, 0.1) is 0 Å². The molecule has 0 saturated heterocycles. The highest BCUT2D eigenvalue weighted by Crippen LogP contribution is 2.33. The first-order valence-electron chi connectivity index (χ1n) is 11.1. The Bertz CT molecular complexity index is 1610. The molecule has 0 N–H and O–H groups in total.